The lowest BCUT2D eigenvalue weighted by Crippen LogP contribution is -2.39. The van der Waals surface area contributed by atoms with E-state index in [1.165, 1.54) is 0 Å². The van der Waals surface area contributed by atoms with Crippen molar-refractivity contribution in [3.8, 4) is 0 Å². The molecule has 3 rings (SSSR count). The van der Waals surface area contributed by atoms with Crippen LogP contribution in [0.3, 0.4) is 0 Å². The molecule has 7 nitrogen and oxygen atoms in total. The van der Waals surface area contributed by atoms with E-state index in [-0.39, 0.29) is 16.8 Å². The molecule has 1 N–H and O–H groups in total. The zero-order valence-corrected chi connectivity index (χ0v) is 15.0. The average Bonchev–Trinajstić information content (AvgIpc) is 3.31. The number of nitrogens with one attached hydrogen (secondary N) is 1. The molecule has 1 aromatic heterocycles. The smallest absolute Gasteiger partial charge is 0.408 e. The van der Waals surface area contributed by atoms with Gasteiger partial charge in [0.05, 0.1) is 16.5 Å². The van der Waals surface area contributed by atoms with Crippen molar-refractivity contribution >= 4 is 15.9 Å². The first kappa shape index (κ1) is 17.1. The molecule has 0 unspecified atom stereocenters. The van der Waals surface area contributed by atoms with Gasteiger partial charge in [-0.2, -0.15) is 0 Å². The molecule has 2 aliphatic carbocycles. The van der Waals surface area contributed by atoms with E-state index in [1.54, 1.807) is 33.0 Å². The average molecular weight is 353 g/mol. The van der Waals surface area contributed by atoms with Crippen LogP contribution in [0.15, 0.2) is 12.3 Å². The van der Waals surface area contributed by atoms with E-state index in [1.807, 2.05) is 0 Å². The van der Waals surface area contributed by atoms with Crippen LogP contribution >= 0.6 is 0 Å². The minimum Gasteiger partial charge on any atom is -0.444 e. The van der Waals surface area contributed by atoms with Crippen molar-refractivity contribution in [3.63, 3.8) is 0 Å². The molecule has 0 saturated heterocycles. The molecule has 2 fully saturated rings. The standard InChI is InChI=1S/C16H23N3O4S/c1-15(2,3)23-14(20)19-16(7-8-16)12-6-9-17-13(18-12)10-24(21,22)11-4-5-11/h6,9,11H,4-5,7-8,10H2,1-3H3,(H,19,20). The van der Waals surface area contributed by atoms with Gasteiger partial charge in [0.25, 0.3) is 0 Å². The summed E-state index contributed by atoms with van der Waals surface area (Å²) >= 11 is 0. The molecule has 8 heteroatoms. The van der Waals surface area contributed by atoms with Gasteiger partial charge in [-0.15, -0.1) is 0 Å². The summed E-state index contributed by atoms with van der Waals surface area (Å²) in [7, 11) is -3.17. The van der Waals surface area contributed by atoms with E-state index in [9.17, 15) is 13.2 Å². The third-order valence-corrected chi connectivity index (χ3v) is 6.20. The fourth-order valence-electron chi connectivity index (χ4n) is 2.53. The van der Waals surface area contributed by atoms with E-state index in [2.05, 4.69) is 15.3 Å². The van der Waals surface area contributed by atoms with E-state index in [4.69, 9.17) is 4.74 Å². The van der Waals surface area contributed by atoms with Crippen LogP contribution in [0.2, 0.25) is 0 Å². The summed E-state index contributed by atoms with van der Waals surface area (Å²) in [5.74, 6) is 0.144. The summed E-state index contributed by atoms with van der Waals surface area (Å²) in [5.41, 5.74) is -0.497. The van der Waals surface area contributed by atoms with Gasteiger partial charge in [0.2, 0.25) is 0 Å². The Hall–Kier alpha value is -1.70. The van der Waals surface area contributed by atoms with Crippen LogP contribution in [0.25, 0.3) is 0 Å². The van der Waals surface area contributed by atoms with E-state index >= 15 is 0 Å². The maximum absolute atomic E-state index is 12.1. The summed E-state index contributed by atoms with van der Waals surface area (Å²) in [6.07, 6.45) is 4.01. The minimum absolute atomic E-state index is 0.145. The number of nitrogens with zero attached hydrogens (tertiary/aromatic N) is 2. The van der Waals surface area contributed by atoms with Crippen LogP contribution in [0.4, 0.5) is 4.79 Å². The predicted octanol–water partition coefficient (Wildman–Crippen LogP) is 2.07. The molecule has 1 heterocycles. The molecule has 0 atom stereocenters. The molecular formula is C16H23N3O4S. The highest BCUT2D eigenvalue weighted by Gasteiger charge is 2.48. The van der Waals surface area contributed by atoms with Gasteiger partial charge in [0, 0.05) is 6.20 Å². The molecule has 0 radical (unpaired) electrons. The number of hydrogen-bond acceptors (Lipinski definition) is 6. The minimum atomic E-state index is -3.17. The van der Waals surface area contributed by atoms with Crippen molar-refractivity contribution < 1.29 is 17.9 Å². The van der Waals surface area contributed by atoms with Gasteiger partial charge in [-0.05, 0) is 52.5 Å². The summed E-state index contributed by atoms with van der Waals surface area (Å²) in [6, 6.07) is 1.72. The second-order valence-electron chi connectivity index (χ2n) is 7.57. The van der Waals surface area contributed by atoms with Crippen molar-refractivity contribution in [1.29, 1.82) is 0 Å². The van der Waals surface area contributed by atoms with Gasteiger partial charge in [-0.25, -0.2) is 23.2 Å². The Morgan fingerprint density at radius 1 is 1.38 bits per heavy atom. The maximum Gasteiger partial charge on any atom is 0.408 e. The van der Waals surface area contributed by atoms with Crippen LogP contribution < -0.4 is 5.32 Å². The van der Waals surface area contributed by atoms with Crippen molar-refractivity contribution in [2.24, 2.45) is 0 Å². The molecule has 0 bridgehead atoms. The van der Waals surface area contributed by atoms with Crippen LogP contribution in [0.5, 0.6) is 0 Å². The number of alkyl carbamates (subject to hydrolysis) is 1. The van der Waals surface area contributed by atoms with Crippen molar-refractivity contribution in [1.82, 2.24) is 15.3 Å². The first-order valence-electron chi connectivity index (χ1n) is 8.15. The summed E-state index contributed by atoms with van der Waals surface area (Å²) in [4.78, 5) is 20.5. The molecule has 1 aromatic rings. The maximum atomic E-state index is 12.1. The number of ether oxygens (including phenoxy) is 1. The number of sulfone groups is 1. The topological polar surface area (TPSA) is 98.2 Å². The number of amides is 1. The third kappa shape index (κ3) is 4.03. The van der Waals surface area contributed by atoms with Crippen LogP contribution in [-0.2, 0) is 25.9 Å². The molecule has 1 amide bonds. The number of carbonyl (C=O) groups excluding carboxylic acids is 1. The Morgan fingerprint density at radius 3 is 2.58 bits per heavy atom. The highest BCUT2D eigenvalue weighted by molar-refractivity contribution is 7.91. The SMILES string of the molecule is CC(C)(C)OC(=O)NC1(c2ccnc(CS(=O)(=O)C3CC3)n2)CC1. The third-order valence-electron chi connectivity index (χ3n) is 4.05. The Balaban J connectivity index is 1.72. The fourth-order valence-corrected chi connectivity index (χ4v) is 4.12. The second-order valence-corrected chi connectivity index (χ2v) is 9.85. The van der Waals surface area contributed by atoms with Gasteiger partial charge in [-0.1, -0.05) is 0 Å². The summed E-state index contributed by atoms with van der Waals surface area (Å²) in [6.45, 7) is 5.41. The predicted molar refractivity (Wildman–Crippen MR) is 88.0 cm³/mol. The summed E-state index contributed by atoms with van der Waals surface area (Å²) < 4.78 is 29.5. The molecule has 2 saturated carbocycles. The lowest BCUT2D eigenvalue weighted by atomic mass is 10.1. The number of rotatable bonds is 5. The first-order valence-corrected chi connectivity index (χ1v) is 9.86. The van der Waals surface area contributed by atoms with E-state index in [0.29, 0.717) is 5.69 Å². The van der Waals surface area contributed by atoms with Crippen LogP contribution in [0, 0.1) is 0 Å². The van der Waals surface area contributed by atoms with Crippen molar-refractivity contribution in [2.75, 3.05) is 0 Å². The molecule has 0 aromatic carbocycles. The van der Waals surface area contributed by atoms with E-state index in [0.717, 1.165) is 25.7 Å². The van der Waals surface area contributed by atoms with Gasteiger partial charge < -0.3 is 10.1 Å². The first-order chi connectivity index (χ1) is 11.1. The number of aromatic nitrogens is 2. The second kappa shape index (κ2) is 5.68. The quantitative estimate of drug-likeness (QED) is 0.870. The lowest BCUT2D eigenvalue weighted by Gasteiger charge is -2.23. The molecular weight excluding hydrogens is 330 g/mol. The molecule has 0 aliphatic heterocycles. The number of hydrogen-bond donors (Lipinski definition) is 1. The van der Waals surface area contributed by atoms with E-state index < -0.39 is 27.1 Å². The van der Waals surface area contributed by atoms with Crippen molar-refractivity contribution in [3.05, 3.63) is 23.8 Å². The fraction of sp³-hybridized carbons (Fsp3) is 0.688. The van der Waals surface area contributed by atoms with Crippen LogP contribution in [0.1, 0.15) is 58.0 Å². The Morgan fingerprint density at radius 2 is 2.04 bits per heavy atom. The number of carbonyl (C=O) groups is 1. The monoisotopic (exact) mass is 353 g/mol. The van der Waals surface area contributed by atoms with Crippen LogP contribution in [-0.4, -0.2) is 35.3 Å². The van der Waals surface area contributed by atoms with Gasteiger partial charge in [0.15, 0.2) is 9.84 Å². The zero-order chi connectivity index (χ0) is 17.6. The molecule has 0 spiro atoms. The largest absolute Gasteiger partial charge is 0.444 e. The highest BCUT2D eigenvalue weighted by atomic mass is 32.2. The Kier molecular flexibility index (Phi) is 4.06. The highest BCUT2D eigenvalue weighted by Crippen LogP contribution is 2.44. The Labute approximate surface area is 142 Å². The van der Waals surface area contributed by atoms with Crippen molar-refractivity contribution in [2.45, 2.75) is 68.6 Å². The molecule has 2 aliphatic rings. The van der Waals surface area contributed by atoms with Gasteiger partial charge in [-0.3, -0.25) is 0 Å². The van der Waals surface area contributed by atoms with Gasteiger partial charge >= 0.3 is 6.09 Å². The zero-order valence-electron chi connectivity index (χ0n) is 14.2. The normalized spacial score (nSPS) is 19.6. The summed E-state index contributed by atoms with van der Waals surface area (Å²) in [5, 5.41) is 2.63. The van der Waals surface area contributed by atoms with Gasteiger partial charge in [0.1, 0.15) is 17.2 Å². The lowest BCUT2D eigenvalue weighted by molar-refractivity contribution is 0.0493. The molecule has 132 valence electrons. The Bertz CT molecular complexity index is 747. The molecule has 24 heavy (non-hydrogen) atoms.